The summed E-state index contributed by atoms with van der Waals surface area (Å²) in [5, 5.41) is 4.99. The number of benzene rings is 1. The van der Waals surface area contributed by atoms with Crippen LogP contribution < -0.4 is 16.0 Å². The van der Waals surface area contributed by atoms with Crippen molar-refractivity contribution in [1.29, 1.82) is 0 Å². The molecule has 0 radical (unpaired) electrons. The van der Waals surface area contributed by atoms with Crippen LogP contribution in [0.3, 0.4) is 0 Å². The summed E-state index contributed by atoms with van der Waals surface area (Å²) in [5.74, 6) is -0.967. The van der Waals surface area contributed by atoms with Crippen molar-refractivity contribution in [2.45, 2.75) is 25.2 Å². The molecule has 1 heterocycles. The molecule has 0 atom stereocenters. The Morgan fingerprint density at radius 2 is 1.71 bits per heavy atom. The minimum atomic E-state index is -3.81. The molecule has 0 fully saturated rings. The largest absolute Gasteiger partial charge is 0.279 e. The van der Waals surface area contributed by atoms with E-state index in [0.29, 0.717) is 4.88 Å². The molecule has 128 valence electrons. The van der Waals surface area contributed by atoms with Gasteiger partial charge in [0.2, 0.25) is 10.0 Å². The fraction of sp³-hybridized carbons (Fsp3) is 0.200. The molecule has 2 aromatic rings. The Morgan fingerprint density at radius 3 is 2.21 bits per heavy atom. The monoisotopic (exact) mass is 367 g/mol. The van der Waals surface area contributed by atoms with Gasteiger partial charge in [0.05, 0.1) is 9.77 Å². The first kappa shape index (κ1) is 18.1. The number of hydrogen-bond acceptors (Lipinski definition) is 5. The molecule has 0 aliphatic rings. The van der Waals surface area contributed by atoms with E-state index in [4.69, 9.17) is 5.14 Å². The number of carbonyl (C=O) groups excluding carboxylic acids is 2. The lowest BCUT2D eigenvalue weighted by Gasteiger charge is -2.06. The minimum absolute atomic E-state index is 0.0933. The van der Waals surface area contributed by atoms with Gasteiger partial charge in [-0.25, -0.2) is 13.6 Å². The van der Waals surface area contributed by atoms with Crippen molar-refractivity contribution in [3.05, 3.63) is 51.2 Å². The maximum atomic E-state index is 12.0. The Kier molecular flexibility index (Phi) is 5.37. The van der Waals surface area contributed by atoms with Crippen LogP contribution in [0.5, 0.6) is 0 Å². The quantitative estimate of drug-likeness (QED) is 0.707. The number of nitrogens with two attached hydrogens (primary N) is 1. The third-order valence-electron chi connectivity index (χ3n) is 3.30. The zero-order chi connectivity index (χ0) is 17.9. The summed E-state index contributed by atoms with van der Waals surface area (Å²) in [4.78, 5) is 25.5. The van der Waals surface area contributed by atoms with Gasteiger partial charge in [0, 0.05) is 10.4 Å². The summed E-state index contributed by atoms with van der Waals surface area (Å²) in [6.45, 7) is 3.94. The second-order valence-corrected chi connectivity index (χ2v) is 7.75. The van der Waals surface area contributed by atoms with E-state index in [9.17, 15) is 18.0 Å². The fourth-order valence-electron chi connectivity index (χ4n) is 2.03. The van der Waals surface area contributed by atoms with E-state index in [1.807, 2.05) is 13.8 Å². The third-order valence-corrected chi connectivity index (χ3v) is 5.61. The molecule has 1 aromatic carbocycles. The highest BCUT2D eigenvalue weighted by Crippen LogP contribution is 2.22. The molecular formula is C15H17N3O4S2. The van der Waals surface area contributed by atoms with Gasteiger partial charge in [0.1, 0.15) is 0 Å². The summed E-state index contributed by atoms with van der Waals surface area (Å²) < 4.78 is 22.3. The molecule has 1 aromatic heterocycles. The van der Waals surface area contributed by atoms with Crippen molar-refractivity contribution in [2.75, 3.05) is 0 Å². The molecule has 0 unspecified atom stereocenters. The number of thiophene rings is 1. The Balaban J connectivity index is 2.00. The molecule has 0 aliphatic heterocycles. The average Bonchev–Trinajstić information content (AvgIpc) is 2.92. The number of amides is 2. The predicted octanol–water partition coefficient (Wildman–Crippen LogP) is 1.34. The van der Waals surface area contributed by atoms with Gasteiger partial charge in [-0.1, -0.05) is 6.92 Å². The molecule has 0 saturated carbocycles. The van der Waals surface area contributed by atoms with Crippen molar-refractivity contribution < 1.29 is 18.0 Å². The topological polar surface area (TPSA) is 118 Å². The molecule has 24 heavy (non-hydrogen) atoms. The van der Waals surface area contributed by atoms with Crippen molar-refractivity contribution in [3.8, 4) is 0 Å². The van der Waals surface area contributed by atoms with E-state index in [2.05, 4.69) is 10.9 Å². The maximum Gasteiger partial charge on any atom is 0.279 e. The van der Waals surface area contributed by atoms with Crippen LogP contribution in [0, 0.1) is 6.92 Å². The number of primary sulfonamides is 1. The molecule has 2 amide bonds. The van der Waals surface area contributed by atoms with Crippen LogP contribution in [0.4, 0.5) is 0 Å². The fourth-order valence-corrected chi connectivity index (χ4v) is 3.55. The highest BCUT2D eigenvalue weighted by atomic mass is 32.2. The lowest BCUT2D eigenvalue weighted by molar-refractivity contribution is 0.0849. The van der Waals surface area contributed by atoms with Gasteiger partial charge < -0.3 is 0 Å². The first-order valence-corrected chi connectivity index (χ1v) is 9.41. The zero-order valence-corrected chi connectivity index (χ0v) is 14.8. The van der Waals surface area contributed by atoms with Gasteiger partial charge in [0.25, 0.3) is 11.8 Å². The average molecular weight is 367 g/mol. The normalized spacial score (nSPS) is 11.1. The van der Waals surface area contributed by atoms with Crippen LogP contribution in [-0.4, -0.2) is 20.2 Å². The van der Waals surface area contributed by atoms with Crippen molar-refractivity contribution in [2.24, 2.45) is 5.14 Å². The molecule has 7 nitrogen and oxygen atoms in total. The van der Waals surface area contributed by atoms with Crippen LogP contribution in [0.25, 0.3) is 0 Å². The molecule has 0 spiro atoms. The SMILES string of the molecule is CCc1sc(C(=O)NNC(=O)c2ccc(S(N)(=O)=O)cc2)cc1C. The van der Waals surface area contributed by atoms with Crippen LogP contribution in [-0.2, 0) is 16.4 Å². The molecule has 0 saturated heterocycles. The lowest BCUT2D eigenvalue weighted by Crippen LogP contribution is -2.41. The number of hydrazine groups is 1. The third kappa shape index (κ3) is 4.19. The Morgan fingerprint density at radius 1 is 1.12 bits per heavy atom. The van der Waals surface area contributed by atoms with Crippen LogP contribution in [0.15, 0.2) is 35.2 Å². The van der Waals surface area contributed by atoms with Crippen LogP contribution in [0.1, 0.15) is 37.4 Å². The van der Waals surface area contributed by atoms with Crippen LogP contribution >= 0.6 is 11.3 Å². The number of rotatable bonds is 4. The van der Waals surface area contributed by atoms with E-state index < -0.39 is 21.8 Å². The first-order valence-electron chi connectivity index (χ1n) is 7.05. The smallest absolute Gasteiger partial charge is 0.267 e. The second-order valence-electron chi connectivity index (χ2n) is 5.05. The number of hydrogen-bond donors (Lipinski definition) is 3. The molecule has 9 heteroatoms. The highest BCUT2D eigenvalue weighted by molar-refractivity contribution is 7.89. The maximum absolute atomic E-state index is 12.0. The predicted molar refractivity (Wildman–Crippen MR) is 91.2 cm³/mol. The summed E-state index contributed by atoms with van der Waals surface area (Å²) >= 11 is 1.38. The van der Waals surface area contributed by atoms with Gasteiger partial charge in [0.15, 0.2) is 0 Å². The molecular weight excluding hydrogens is 350 g/mol. The minimum Gasteiger partial charge on any atom is -0.267 e. The molecule has 2 rings (SSSR count). The lowest BCUT2D eigenvalue weighted by atomic mass is 10.2. The number of aryl methyl sites for hydroxylation is 2. The first-order chi connectivity index (χ1) is 11.2. The molecule has 4 N–H and O–H groups in total. The van der Waals surface area contributed by atoms with E-state index in [1.165, 1.54) is 35.6 Å². The van der Waals surface area contributed by atoms with Gasteiger partial charge in [-0.05, 0) is 49.2 Å². The van der Waals surface area contributed by atoms with E-state index in [-0.39, 0.29) is 10.5 Å². The highest BCUT2D eigenvalue weighted by Gasteiger charge is 2.14. The van der Waals surface area contributed by atoms with Crippen LogP contribution in [0.2, 0.25) is 0 Å². The number of carbonyl (C=O) groups is 2. The van der Waals surface area contributed by atoms with Crippen molar-refractivity contribution in [3.63, 3.8) is 0 Å². The number of nitrogens with one attached hydrogen (secondary N) is 2. The van der Waals surface area contributed by atoms with E-state index in [0.717, 1.165) is 16.9 Å². The summed E-state index contributed by atoms with van der Waals surface area (Å²) in [6, 6.07) is 6.84. The Bertz CT molecular complexity index is 871. The second kappa shape index (κ2) is 7.12. The van der Waals surface area contributed by atoms with Gasteiger partial charge in [-0.2, -0.15) is 0 Å². The van der Waals surface area contributed by atoms with Crippen molar-refractivity contribution in [1.82, 2.24) is 10.9 Å². The molecule has 0 aliphatic carbocycles. The summed E-state index contributed by atoms with van der Waals surface area (Å²) in [7, 11) is -3.81. The van der Waals surface area contributed by atoms with E-state index >= 15 is 0 Å². The van der Waals surface area contributed by atoms with Gasteiger partial charge in [-0.3, -0.25) is 20.4 Å². The Hall–Kier alpha value is -2.23. The molecule has 0 bridgehead atoms. The van der Waals surface area contributed by atoms with Gasteiger partial charge in [-0.15, -0.1) is 11.3 Å². The van der Waals surface area contributed by atoms with E-state index in [1.54, 1.807) is 6.07 Å². The summed E-state index contributed by atoms with van der Waals surface area (Å²) in [6.07, 6.45) is 0.840. The van der Waals surface area contributed by atoms with Crippen molar-refractivity contribution >= 4 is 33.2 Å². The standard InChI is InChI=1S/C15H17N3O4S2/c1-3-12-9(2)8-13(23-12)15(20)18-17-14(19)10-4-6-11(7-5-10)24(16,21)22/h4-8H,3H2,1-2H3,(H,17,19)(H,18,20)(H2,16,21,22). The number of sulfonamides is 1. The summed E-state index contributed by atoms with van der Waals surface area (Å²) in [5.41, 5.74) is 5.86. The zero-order valence-electron chi connectivity index (χ0n) is 13.1. The Labute approximate surface area is 143 Å². The van der Waals surface area contributed by atoms with Gasteiger partial charge >= 0.3 is 0 Å².